The molecule has 0 unspecified atom stereocenters. The summed E-state index contributed by atoms with van der Waals surface area (Å²) in [6.45, 7) is 13.0. The summed E-state index contributed by atoms with van der Waals surface area (Å²) in [4.78, 5) is 2.53. The number of rotatable bonds is 2. The van der Waals surface area contributed by atoms with E-state index in [9.17, 15) is 0 Å². The molecule has 0 aromatic heterocycles. The fourth-order valence-electron chi connectivity index (χ4n) is 2.27. The Bertz CT molecular complexity index is 165. The van der Waals surface area contributed by atoms with Crippen LogP contribution in [0.15, 0.2) is 0 Å². The van der Waals surface area contributed by atoms with Crippen molar-refractivity contribution in [2.24, 2.45) is 0 Å². The van der Waals surface area contributed by atoms with Crippen LogP contribution in [0.25, 0.3) is 0 Å². The molecule has 4 nitrogen and oxygen atoms in total. The minimum absolute atomic E-state index is 0. The maximum atomic E-state index is 3.40. The lowest BCUT2D eigenvalue weighted by Crippen LogP contribution is -2.58. The lowest BCUT2D eigenvalue weighted by Gasteiger charge is -2.42. The second kappa shape index (κ2) is 6.66. The summed E-state index contributed by atoms with van der Waals surface area (Å²) >= 11 is 0. The van der Waals surface area contributed by atoms with E-state index in [0.29, 0.717) is 0 Å². The van der Waals surface area contributed by atoms with E-state index in [-0.39, 0.29) is 12.4 Å². The molecule has 2 heterocycles. The topological polar surface area (TPSA) is 21.8 Å². The molecule has 0 spiro atoms. The van der Waals surface area contributed by atoms with Crippen LogP contribution in [-0.4, -0.2) is 73.8 Å². The molecule has 2 saturated heterocycles. The summed E-state index contributed by atoms with van der Waals surface area (Å²) in [6, 6.07) is 0. The van der Waals surface area contributed by atoms with Gasteiger partial charge in [0.2, 0.25) is 0 Å². The van der Waals surface area contributed by atoms with E-state index in [0.717, 1.165) is 13.1 Å². The number of likely N-dealkylation sites (N-methyl/N-ethyl adjacent to an activating group) is 1. The second-order valence-corrected chi connectivity index (χ2v) is 4.09. The number of nitrogens with one attached hydrogen (secondary N) is 1. The summed E-state index contributed by atoms with van der Waals surface area (Å²) in [5.74, 6) is 0. The van der Waals surface area contributed by atoms with Crippen molar-refractivity contribution in [1.29, 1.82) is 0 Å². The number of hydrogen-bond acceptors (Lipinski definition) is 4. The molecule has 90 valence electrons. The van der Waals surface area contributed by atoms with Gasteiger partial charge in [-0.25, -0.2) is 10.0 Å². The Hall–Kier alpha value is 0.130. The van der Waals surface area contributed by atoms with Gasteiger partial charge in [-0.3, -0.25) is 0 Å². The van der Waals surface area contributed by atoms with Crippen LogP contribution in [0.3, 0.4) is 0 Å². The molecule has 5 heteroatoms. The van der Waals surface area contributed by atoms with Crippen LogP contribution in [0.4, 0.5) is 0 Å². The minimum atomic E-state index is 0. The van der Waals surface area contributed by atoms with E-state index < -0.39 is 0 Å². The van der Waals surface area contributed by atoms with E-state index in [1.54, 1.807) is 0 Å². The third-order valence-corrected chi connectivity index (χ3v) is 3.29. The highest BCUT2D eigenvalue weighted by atomic mass is 35.5. The Labute approximate surface area is 99.0 Å². The Balaban J connectivity index is 0.00000112. The third kappa shape index (κ3) is 3.57. The van der Waals surface area contributed by atoms with Gasteiger partial charge in [-0.05, 0) is 6.54 Å². The zero-order chi connectivity index (χ0) is 9.80. The van der Waals surface area contributed by atoms with Crippen molar-refractivity contribution < 1.29 is 0 Å². The summed E-state index contributed by atoms with van der Waals surface area (Å²) in [5, 5.41) is 8.45. The second-order valence-electron chi connectivity index (χ2n) is 4.09. The van der Waals surface area contributed by atoms with Gasteiger partial charge in [0.25, 0.3) is 0 Å². The van der Waals surface area contributed by atoms with Crippen LogP contribution in [0.5, 0.6) is 0 Å². The standard InChI is InChI=1S/C10H22N4.ClH/c1-2-12-7-9-14(10-8-12)13-5-3-11-4-6-13;/h11H,2-10H2,1H3;1H. The maximum absolute atomic E-state index is 3.40. The first-order valence-electron chi connectivity index (χ1n) is 5.83. The molecule has 1 N–H and O–H groups in total. The molecular formula is C10H23ClN4. The number of hydrazine groups is 1. The zero-order valence-corrected chi connectivity index (χ0v) is 10.4. The van der Waals surface area contributed by atoms with E-state index in [1.165, 1.54) is 45.8 Å². The van der Waals surface area contributed by atoms with Gasteiger partial charge in [-0.1, -0.05) is 6.92 Å². The first-order valence-corrected chi connectivity index (χ1v) is 5.83. The quantitative estimate of drug-likeness (QED) is 0.719. The van der Waals surface area contributed by atoms with Crippen LogP contribution < -0.4 is 5.32 Å². The first-order chi connectivity index (χ1) is 6.90. The summed E-state index contributed by atoms with van der Waals surface area (Å²) in [5.41, 5.74) is 0. The normalized spacial score (nSPS) is 26.2. The molecule has 2 aliphatic heterocycles. The Kier molecular flexibility index (Phi) is 5.86. The fourth-order valence-corrected chi connectivity index (χ4v) is 2.27. The largest absolute Gasteiger partial charge is 0.314 e. The van der Waals surface area contributed by atoms with Crippen LogP contribution in [0, 0.1) is 0 Å². The lowest BCUT2D eigenvalue weighted by atomic mass is 10.3. The van der Waals surface area contributed by atoms with Crippen LogP contribution in [-0.2, 0) is 0 Å². The third-order valence-electron chi connectivity index (χ3n) is 3.29. The first kappa shape index (κ1) is 13.2. The van der Waals surface area contributed by atoms with Crippen LogP contribution in [0.1, 0.15) is 6.92 Å². The molecule has 0 bridgehead atoms. The van der Waals surface area contributed by atoms with E-state index in [4.69, 9.17) is 0 Å². The van der Waals surface area contributed by atoms with E-state index in [2.05, 4.69) is 27.2 Å². The predicted molar refractivity (Wildman–Crippen MR) is 65.4 cm³/mol. The maximum Gasteiger partial charge on any atom is 0.0261 e. The summed E-state index contributed by atoms with van der Waals surface area (Å²) in [6.07, 6.45) is 0. The number of hydrogen-bond donors (Lipinski definition) is 1. The van der Waals surface area contributed by atoms with E-state index in [1.807, 2.05) is 0 Å². The number of halogens is 1. The van der Waals surface area contributed by atoms with Gasteiger partial charge in [0.15, 0.2) is 0 Å². The van der Waals surface area contributed by atoms with Crippen molar-refractivity contribution in [3.63, 3.8) is 0 Å². The lowest BCUT2D eigenvalue weighted by molar-refractivity contribution is -0.0630. The number of piperazine rings is 2. The number of nitrogens with zero attached hydrogens (tertiary/aromatic N) is 3. The van der Waals surface area contributed by atoms with Gasteiger partial charge in [0.05, 0.1) is 0 Å². The predicted octanol–water partition coefficient (Wildman–Crippen LogP) is -0.134. The smallest absolute Gasteiger partial charge is 0.0261 e. The van der Waals surface area contributed by atoms with Gasteiger partial charge in [0.1, 0.15) is 0 Å². The molecule has 2 rings (SSSR count). The molecule has 0 radical (unpaired) electrons. The van der Waals surface area contributed by atoms with Gasteiger partial charge in [-0.15, -0.1) is 12.4 Å². The Morgan fingerprint density at radius 3 is 1.93 bits per heavy atom. The molecule has 2 aliphatic rings. The van der Waals surface area contributed by atoms with Crippen molar-refractivity contribution in [2.45, 2.75) is 6.92 Å². The van der Waals surface area contributed by atoms with Gasteiger partial charge in [-0.2, -0.15) is 0 Å². The van der Waals surface area contributed by atoms with Crippen LogP contribution in [0.2, 0.25) is 0 Å². The van der Waals surface area contributed by atoms with E-state index >= 15 is 0 Å². The highest BCUT2D eigenvalue weighted by Gasteiger charge is 2.21. The molecule has 0 saturated carbocycles. The van der Waals surface area contributed by atoms with Gasteiger partial charge in [0, 0.05) is 52.4 Å². The minimum Gasteiger partial charge on any atom is -0.314 e. The van der Waals surface area contributed by atoms with Gasteiger partial charge < -0.3 is 10.2 Å². The Morgan fingerprint density at radius 1 is 0.867 bits per heavy atom. The molecule has 0 atom stereocenters. The molecule has 15 heavy (non-hydrogen) atoms. The van der Waals surface area contributed by atoms with Crippen molar-refractivity contribution >= 4 is 12.4 Å². The van der Waals surface area contributed by atoms with Crippen molar-refractivity contribution in [3.05, 3.63) is 0 Å². The molecule has 0 aromatic rings. The highest BCUT2D eigenvalue weighted by Crippen LogP contribution is 2.06. The molecule has 0 aliphatic carbocycles. The summed E-state index contributed by atoms with van der Waals surface area (Å²) < 4.78 is 0. The molecule has 0 aromatic carbocycles. The Morgan fingerprint density at radius 2 is 1.40 bits per heavy atom. The molecule has 2 fully saturated rings. The average Bonchev–Trinajstić information content (AvgIpc) is 2.30. The van der Waals surface area contributed by atoms with Crippen molar-refractivity contribution in [2.75, 3.05) is 58.9 Å². The average molecular weight is 235 g/mol. The SMILES string of the molecule is CCN1CCN(N2CCNCC2)CC1.Cl. The van der Waals surface area contributed by atoms with Crippen molar-refractivity contribution in [3.8, 4) is 0 Å². The van der Waals surface area contributed by atoms with Crippen LogP contribution >= 0.6 is 12.4 Å². The molecule has 0 amide bonds. The molecular weight excluding hydrogens is 212 g/mol. The van der Waals surface area contributed by atoms with Gasteiger partial charge >= 0.3 is 0 Å². The summed E-state index contributed by atoms with van der Waals surface area (Å²) in [7, 11) is 0. The highest BCUT2D eigenvalue weighted by molar-refractivity contribution is 5.85. The van der Waals surface area contributed by atoms with Crippen molar-refractivity contribution in [1.82, 2.24) is 20.2 Å². The fraction of sp³-hybridized carbons (Fsp3) is 1.00. The monoisotopic (exact) mass is 234 g/mol. The zero-order valence-electron chi connectivity index (χ0n) is 9.61.